The molecule has 2 atom stereocenters. The molecule has 1 aliphatic rings. The lowest BCUT2D eigenvalue weighted by Crippen LogP contribution is -2.27. The van der Waals surface area contributed by atoms with E-state index in [9.17, 15) is 9.18 Å². The molecule has 2 aromatic rings. The Morgan fingerprint density at radius 1 is 1.10 bits per heavy atom. The number of carbonyl (C=O) groups is 1. The van der Waals surface area contributed by atoms with E-state index in [1.54, 1.807) is 12.1 Å². The van der Waals surface area contributed by atoms with Crippen molar-refractivity contribution in [2.75, 3.05) is 6.54 Å². The van der Waals surface area contributed by atoms with Gasteiger partial charge in [-0.15, -0.1) is 0 Å². The fraction of sp³-hybridized carbons (Fsp3) is 0.278. The van der Waals surface area contributed by atoms with Crippen molar-refractivity contribution >= 4 is 5.91 Å². The minimum atomic E-state index is -0.230. The number of halogens is 1. The number of hydrogen-bond donors (Lipinski definition) is 1. The van der Waals surface area contributed by atoms with E-state index in [1.807, 2.05) is 18.2 Å². The molecule has 1 amide bonds. The highest BCUT2D eigenvalue weighted by Gasteiger charge is 2.43. The number of hydrogen-bond acceptors (Lipinski definition) is 1. The van der Waals surface area contributed by atoms with Crippen LogP contribution in [0.15, 0.2) is 54.6 Å². The van der Waals surface area contributed by atoms with Crippen LogP contribution in [-0.2, 0) is 11.2 Å². The maximum atomic E-state index is 12.8. The first-order valence-corrected chi connectivity index (χ1v) is 7.31. The second kappa shape index (κ2) is 6.08. The van der Waals surface area contributed by atoms with Gasteiger partial charge in [-0.1, -0.05) is 42.5 Å². The predicted octanol–water partition coefficient (Wildman–Crippen LogP) is 3.29. The van der Waals surface area contributed by atoms with Gasteiger partial charge in [-0.25, -0.2) is 4.39 Å². The Balaban J connectivity index is 1.45. The van der Waals surface area contributed by atoms with Crippen LogP contribution in [0.3, 0.4) is 0 Å². The van der Waals surface area contributed by atoms with E-state index in [0.29, 0.717) is 12.5 Å². The SMILES string of the molecule is O=C(NCCc1ccc(F)cc1)C1CC1c1ccccc1. The van der Waals surface area contributed by atoms with Crippen LogP contribution in [0.4, 0.5) is 4.39 Å². The molecule has 3 rings (SSSR count). The molecule has 0 saturated heterocycles. The summed E-state index contributed by atoms with van der Waals surface area (Å²) in [7, 11) is 0. The third kappa shape index (κ3) is 3.48. The van der Waals surface area contributed by atoms with Crippen LogP contribution in [0.2, 0.25) is 0 Å². The molecule has 0 aromatic heterocycles. The normalized spacial score (nSPS) is 20.0. The summed E-state index contributed by atoms with van der Waals surface area (Å²) in [6, 6.07) is 16.6. The zero-order valence-corrected chi connectivity index (χ0v) is 11.8. The third-order valence-electron chi connectivity index (χ3n) is 3.98. The molecule has 0 aliphatic heterocycles. The predicted molar refractivity (Wildman–Crippen MR) is 80.4 cm³/mol. The highest BCUT2D eigenvalue weighted by atomic mass is 19.1. The van der Waals surface area contributed by atoms with Crippen molar-refractivity contribution in [3.8, 4) is 0 Å². The van der Waals surface area contributed by atoms with Gasteiger partial charge in [0, 0.05) is 12.5 Å². The number of carbonyl (C=O) groups excluding carboxylic acids is 1. The quantitative estimate of drug-likeness (QED) is 0.896. The number of rotatable bonds is 5. The van der Waals surface area contributed by atoms with Gasteiger partial charge >= 0.3 is 0 Å². The summed E-state index contributed by atoms with van der Waals surface area (Å²) >= 11 is 0. The highest BCUT2D eigenvalue weighted by molar-refractivity contribution is 5.82. The van der Waals surface area contributed by atoms with Gasteiger partial charge in [-0.3, -0.25) is 4.79 Å². The van der Waals surface area contributed by atoms with Crippen molar-refractivity contribution in [2.45, 2.75) is 18.8 Å². The van der Waals surface area contributed by atoms with Gasteiger partial charge < -0.3 is 5.32 Å². The summed E-state index contributed by atoms with van der Waals surface area (Å²) in [6.45, 7) is 0.600. The maximum absolute atomic E-state index is 12.8. The van der Waals surface area contributed by atoms with E-state index >= 15 is 0 Å². The molecule has 1 saturated carbocycles. The average molecular weight is 283 g/mol. The van der Waals surface area contributed by atoms with Gasteiger partial charge in [0.05, 0.1) is 0 Å². The Kier molecular flexibility index (Phi) is 4.00. The maximum Gasteiger partial charge on any atom is 0.223 e. The molecule has 3 heteroatoms. The summed E-state index contributed by atoms with van der Waals surface area (Å²) < 4.78 is 12.8. The lowest BCUT2D eigenvalue weighted by atomic mass is 10.1. The number of nitrogens with one attached hydrogen (secondary N) is 1. The monoisotopic (exact) mass is 283 g/mol. The van der Waals surface area contributed by atoms with E-state index in [4.69, 9.17) is 0 Å². The Bertz CT molecular complexity index is 609. The molecule has 21 heavy (non-hydrogen) atoms. The van der Waals surface area contributed by atoms with Crippen molar-refractivity contribution in [1.29, 1.82) is 0 Å². The first kappa shape index (κ1) is 13.8. The summed E-state index contributed by atoms with van der Waals surface area (Å²) in [5.41, 5.74) is 2.28. The topological polar surface area (TPSA) is 29.1 Å². The Hall–Kier alpha value is -2.16. The second-order valence-corrected chi connectivity index (χ2v) is 5.53. The van der Waals surface area contributed by atoms with Gasteiger partial charge in [0.25, 0.3) is 0 Å². The van der Waals surface area contributed by atoms with Crippen LogP contribution in [0.1, 0.15) is 23.5 Å². The first-order chi connectivity index (χ1) is 10.2. The molecule has 2 aromatic carbocycles. The Morgan fingerprint density at radius 2 is 1.81 bits per heavy atom. The highest BCUT2D eigenvalue weighted by Crippen LogP contribution is 2.47. The summed E-state index contributed by atoms with van der Waals surface area (Å²) in [5.74, 6) is 0.384. The molecule has 1 fully saturated rings. The van der Waals surface area contributed by atoms with Gasteiger partial charge in [-0.2, -0.15) is 0 Å². The van der Waals surface area contributed by atoms with Crippen LogP contribution >= 0.6 is 0 Å². The molecule has 0 heterocycles. The lowest BCUT2D eigenvalue weighted by molar-refractivity contribution is -0.122. The van der Waals surface area contributed by atoms with Crippen LogP contribution in [-0.4, -0.2) is 12.5 Å². The van der Waals surface area contributed by atoms with E-state index < -0.39 is 0 Å². The lowest BCUT2D eigenvalue weighted by Gasteiger charge is -2.05. The number of benzene rings is 2. The standard InChI is InChI=1S/C18H18FNO/c19-15-8-6-13(7-9-15)10-11-20-18(21)17-12-16(17)14-4-2-1-3-5-14/h1-9,16-17H,10-12H2,(H,20,21). The number of amides is 1. The van der Waals surface area contributed by atoms with Gasteiger partial charge in [-0.05, 0) is 42.0 Å². The summed E-state index contributed by atoms with van der Waals surface area (Å²) in [5, 5.41) is 2.97. The van der Waals surface area contributed by atoms with Crippen molar-refractivity contribution in [3.05, 3.63) is 71.5 Å². The van der Waals surface area contributed by atoms with E-state index in [-0.39, 0.29) is 17.6 Å². The van der Waals surface area contributed by atoms with E-state index in [0.717, 1.165) is 18.4 Å². The minimum absolute atomic E-state index is 0.112. The smallest absolute Gasteiger partial charge is 0.223 e. The van der Waals surface area contributed by atoms with Crippen LogP contribution in [0.25, 0.3) is 0 Å². The van der Waals surface area contributed by atoms with Crippen LogP contribution in [0, 0.1) is 11.7 Å². The molecule has 0 radical (unpaired) electrons. The molecule has 0 bridgehead atoms. The molecule has 2 unspecified atom stereocenters. The Labute approximate surface area is 124 Å². The van der Waals surface area contributed by atoms with Crippen molar-refractivity contribution < 1.29 is 9.18 Å². The van der Waals surface area contributed by atoms with Gasteiger partial charge in [0.15, 0.2) is 0 Å². The molecule has 1 aliphatic carbocycles. The fourth-order valence-electron chi connectivity index (χ4n) is 2.67. The van der Waals surface area contributed by atoms with Crippen molar-refractivity contribution in [2.24, 2.45) is 5.92 Å². The van der Waals surface area contributed by atoms with Crippen molar-refractivity contribution in [1.82, 2.24) is 5.32 Å². The largest absolute Gasteiger partial charge is 0.356 e. The van der Waals surface area contributed by atoms with Crippen molar-refractivity contribution in [3.63, 3.8) is 0 Å². The molecule has 108 valence electrons. The van der Waals surface area contributed by atoms with E-state index in [1.165, 1.54) is 17.7 Å². The summed E-state index contributed by atoms with van der Waals surface area (Å²) in [6.07, 6.45) is 1.67. The zero-order valence-electron chi connectivity index (χ0n) is 11.8. The van der Waals surface area contributed by atoms with Gasteiger partial charge in [0.2, 0.25) is 5.91 Å². The first-order valence-electron chi connectivity index (χ1n) is 7.31. The molecule has 2 nitrogen and oxygen atoms in total. The van der Waals surface area contributed by atoms with Gasteiger partial charge in [0.1, 0.15) is 5.82 Å². The molecule has 1 N–H and O–H groups in total. The summed E-state index contributed by atoms with van der Waals surface area (Å²) in [4.78, 5) is 12.1. The third-order valence-corrected chi connectivity index (χ3v) is 3.98. The molecule has 0 spiro atoms. The molecular formula is C18H18FNO. The van der Waals surface area contributed by atoms with Crippen LogP contribution < -0.4 is 5.32 Å². The Morgan fingerprint density at radius 3 is 2.52 bits per heavy atom. The zero-order chi connectivity index (χ0) is 14.7. The minimum Gasteiger partial charge on any atom is -0.356 e. The van der Waals surface area contributed by atoms with E-state index in [2.05, 4.69) is 17.4 Å². The average Bonchev–Trinajstić information content (AvgIpc) is 3.31. The second-order valence-electron chi connectivity index (χ2n) is 5.53. The molecular weight excluding hydrogens is 265 g/mol. The van der Waals surface area contributed by atoms with Crippen LogP contribution in [0.5, 0.6) is 0 Å². The fourth-order valence-corrected chi connectivity index (χ4v) is 2.67.